The fraction of sp³-hybridized carbons (Fsp3) is 0.579. The van der Waals surface area contributed by atoms with E-state index in [-0.39, 0.29) is 17.7 Å². The maximum atomic E-state index is 12.3. The Balaban J connectivity index is 1.76. The van der Waals surface area contributed by atoms with Crippen LogP contribution in [0.15, 0.2) is 24.3 Å². The molecule has 6 heteroatoms. The van der Waals surface area contributed by atoms with E-state index in [1.165, 1.54) is 0 Å². The van der Waals surface area contributed by atoms with Crippen LogP contribution in [0.3, 0.4) is 0 Å². The summed E-state index contributed by atoms with van der Waals surface area (Å²) < 4.78 is 5.26. The van der Waals surface area contributed by atoms with E-state index in [0.29, 0.717) is 50.7 Å². The molecule has 1 aliphatic heterocycles. The Morgan fingerprint density at radius 2 is 2.12 bits per heavy atom. The molecule has 1 atom stereocenters. The lowest BCUT2D eigenvalue weighted by Gasteiger charge is -2.32. The Morgan fingerprint density at radius 1 is 1.36 bits per heavy atom. The van der Waals surface area contributed by atoms with Crippen LogP contribution in [0.5, 0.6) is 0 Å². The summed E-state index contributed by atoms with van der Waals surface area (Å²) in [6.07, 6.45) is 2.66. The van der Waals surface area contributed by atoms with Crippen molar-refractivity contribution in [2.75, 3.05) is 32.8 Å². The van der Waals surface area contributed by atoms with Crippen molar-refractivity contribution in [3.05, 3.63) is 34.9 Å². The molecule has 138 valence electrons. The first kappa shape index (κ1) is 19.7. The summed E-state index contributed by atoms with van der Waals surface area (Å²) >= 11 is 5.89. The van der Waals surface area contributed by atoms with Crippen LogP contribution in [0.1, 0.15) is 31.7 Å². The van der Waals surface area contributed by atoms with Crippen molar-refractivity contribution >= 4 is 23.4 Å². The molecule has 1 fully saturated rings. The van der Waals surface area contributed by atoms with E-state index >= 15 is 0 Å². The van der Waals surface area contributed by atoms with Crippen LogP contribution in [0, 0.1) is 5.92 Å². The number of likely N-dealkylation sites (tertiary alicyclic amines) is 1. The highest BCUT2D eigenvalue weighted by Crippen LogP contribution is 2.19. The number of benzene rings is 1. The van der Waals surface area contributed by atoms with Gasteiger partial charge in [0.25, 0.3) is 0 Å². The summed E-state index contributed by atoms with van der Waals surface area (Å²) in [5.41, 5.74) is 1.14. The van der Waals surface area contributed by atoms with Gasteiger partial charge in [-0.25, -0.2) is 0 Å². The average molecular weight is 367 g/mol. The number of nitrogens with zero attached hydrogens (tertiary/aromatic N) is 1. The lowest BCUT2D eigenvalue weighted by molar-refractivity contribution is -0.138. The molecule has 1 N–H and O–H groups in total. The smallest absolute Gasteiger partial charge is 0.224 e. The largest absolute Gasteiger partial charge is 0.382 e. The quantitative estimate of drug-likeness (QED) is 0.683. The van der Waals surface area contributed by atoms with E-state index in [0.717, 1.165) is 18.4 Å². The fourth-order valence-electron chi connectivity index (χ4n) is 2.93. The molecule has 0 spiro atoms. The van der Waals surface area contributed by atoms with Crippen molar-refractivity contribution in [2.45, 2.75) is 32.6 Å². The molecule has 0 bridgehead atoms. The molecule has 1 heterocycles. The monoisotopic (exact) mass is 366 g/mol. The number of rotatable bonds is 9. The van der Waals surface area contributed by atoms with Gasteiger partial charge in [-0.15, -0.1) is 0 Å². The Morgan fingerprint density at radius 3 is 2.84 bits per heavy atom. The van der Waals surface area contributed by atoms with Gasteiger partial charge >= 0.3 is 0 Å². The number of piperidine rings is 1. The molecule has 25 heavy (non-hydrogen) atoms. The molecular formula is C19H27ClN2O3. The zero-order valence-corrected chi connectivity index (χ0v) is 15.6. The zero-order valence-electron chi connectivity index (χ0n) is 14.8. The van der Waals surface area contributed by atoms with E-state index in [1.54, 1.807) is 0 Å². The maximum Gasteiger partial charge on any atom is 0.224 e. The van der Waals surface area contributed by atoms with Crippen LogP contribution < -0.4 is 5.32 Å². The summed E-state index contributed by atoms with van der Waals surface area (Å²) in [7, 11) is 0. The Kier molecular flexibility index (Phi) is 8.22. The minimum Gasteiger partial charge on any atom is -0.382 e. The first-order valence-corrected chi connectivity index (χ1v) is 9.35. The molecule has 1 aromatic carbocycles. The van der Waals surface area contributed by atoms with Gasteiger partial charge in [0, 0.05) is 44.3 Å². The van der Waals surface area contributed by atoms with Crippen LogP contribution >= 0.6 is 11.6 Å². The molecule has 2 amide bonds. The van der Waals surface area contributed by atoms with E-state index in [2.05, 4.69) is 5.32 Å². The third kappa shape index (κ3) is 6.67. The van der Waals surface area contributed by atoms with Gasteiger partial charge in [-0.05, 0) is 43.9 Å². The van der Waals surface area contributed by atoms with Crippen molar-refractivity contribution in [1.29, 1.82) is 0 Å². The summed E-state index contributed by atoms with van der Waals surface area (Å²) in [5.74, 6) is 0.0601. The third-order valence-electron chi connectivity index (χ3n) is 4.42. The molecule has 1 saturated heterocycles. The number of carbonyl (C=O) groups is 2. The highest BCUT2D eigenvalue weighted by atomic mass is 35.5. The van der Waals surface area contributed by atoms with E-state index in [1.807, 2.05) is 36.1 Å². The van der Waals surface area contributed by atoms with E-state index < -0.39 is 0 Å². The SMILES string of the molecule is CCOCCCNC(=O)[C@@H]1CCC(=O)N(CCc2ccc(Cl)cc2)C1. The van der Waals surface area contributed by atoms with Gasteiger partial charge in [0.05, 0.1) is 5.92 Å². The standard InChI is InChI=1S/C19H27ClN2O3/c1-2-25-13-3-11-21-19(24)16-6-9-18(23)22(14-16)12-10-15-4-7-17(20)8-5-15/h4-5,7-8,16H,2-3,6,9-14H2,1H3,(H,21,24)/t16-/m1/s1. The van der Waals surface area contributed by atoms with E-state index in [9.17, 15) is 9.59 Å². The van der Waals surface area contributed by atoms with Crippen LogP contribution in [-0.2, 0) is 20.7 Å². The first-order valence-electron chi connectivity index (χ1n) is 8.97. The summed E-state index contributed by atoms with van der Waals surface area (Å²) in [6, 6.07) is 7.65. The van der Waals surface area contributed by atoms with Crippen LogP contribution in [0.4, 0.5) is 0 Å². The highest BCUT2D eigenvalue weighted by Gasteiger charge is 2.29. The molecular weight excluding hydrogens is 340 g/mol. The van der Waals surface area contributed by atoms with Crippen molar-refractivity contribution in [3.8, 4) is 0 Å². The lowest BCUT2D eigenvalue weighted by atomic mass is 9.96. The Bertz CT molecular complexity index is 562. The number of ether oxygens (including phenoxy) is 1. The Labute approximate surface area is 154 Å². The van der Waals surface area contributed by atoms with Gasteiger partial charge in [-0.3, -0.25) is 9.59 Å². The minimum absolute atomic E-state index is 0.0421. The molecule has 0 aromatic heterocycles. The number of hydrogen-bond donors (Lipinski definition) is 1. The average Bonchev–Trinajstić information content (AvgIpc) is 2.62. The summed E-state index contributed by atoms with van der Waals surface area (Å²) in [5, 5.41) is 3.66. The van der Waals surface area contributed by atoms with Gasteiger partial charge in [0.1, 0.15) is 0 Å². The van der Waals surface area contributed by atoms with Gasteiger partial charge in [0.15, 0.2) is 0 Å². The number of nitrogens with one attached hydrogen (secondary N) is 1. The number of halogens is 1. The fourth-order valence-corrected chi connectivity index (χ4v) is 3.06. The second-order valence-electron chi connectivity index (χ2n) is 6.29. The van der Waals surface area contributed by atoms with Gasteiger partial charge in [0.2, 0.25) is 11.8 Å². The Hall–Kier alpha value is -1.59. The zero-order chi connectivity index (χ0) is 18.1. The topological polar surface area (TPSA) is 58.6 Å². The predicted molar refractivity (Wildman–Crippen MR) is 98.6 cm³/mol. The molecule has 2 rings (SSSR count). The molecule has 0 radical (unpaired) electrons. The van der Waals surface area contributed by atoms with Crippen molar-refractivity contribution in [2.24, 2.45) is 5.92 Å². The van der Waals surface area contributed by atoms with Crippen LogP contribution in [0.25, 0.3) is 0 Å². The predicted octanol–water partition coefficient (Wildman–Crippen LogP) is 2.66. The van der Waals surface area contributed by atoms with Gasteiger partial charge in [-0.2, -0.15) is 0 Å². The first-order chi connectivity index (χ1) is 12.1. The normalized spacial score (nSPS) is 17.6. The lowest BCUT2D eigenvalue weighted by Crippen LogP contribution is -2.46. The number of carbonyl (C=O) groups excluding carboxylic acids is 2. The van der Waals surface area contributed by atoms with Crippen LogP contribution in [0.2, 0.25) is 5.02 Å². The van der Waals surface area contributed by atoms with Crippen molar-refractivity contribution in [3.63, 3.8) is 0 Å². The molecule has 0 aliphatic carbocycles. The molecule has 5 nitrogen and oxygen atoms in total. The molecule has 1 aromatic rings. The highest BCUT2D eigenvalue weighted by molar-refractivity contribution is 6.30. The molecule has 0 unspecified atom stereocenters. The van der Waals surface area contributed by atoms with Crippen LogP contribution in [-0.4, -0.2) is 49.6 Å². The number of amides is 2. The van der Waals surface area contributed by atoms with Crippen molar-refractivity contribution in [1.82, 2.24) is 10.2 Å². The summed E-state index contributed by atoms with van der Waals surface area (Å²) in [6.45, 7) is 5.07. The second kappa shape index (κ2) is 10.4. The number of hydrogen-bond acceptors (Lipinski definition) is 3. The minimum atomic E-state index is -0.116. The summed E-state index contributed by atoms with van der Waals surface area (Å²) in [4.78, 5) is 26.2. The van der Waals surface area contributed by atoms with E-state index in [4.69, 9.17) is 16.3 Å². The third-order valence-corrected chi connectivity index (χ3v) is 4.68. The molecule has 1 aliphatic rings. The van der Waals surface area contributed by atoms with Gasteiger partial charge in [-0.1, -0.05) is 23.7 Å². The maximum absolute atomic E-state index is 12.3. The van der Waals surface area contributed by atoms with Gasteiger partial charge < -0.3 is 15.0 Å². The second-order valence-corrected chi connectivity index (χ2v) is 6.73. The molecule has 0 saturated carbocycles. The van der Waals surface area contributed by atoms with Crippen molar-refractivity contribution < 1.29 is 14.3 Å².